The van der Waals surface area contributed by atoms with Crippen LogP contribution in [0.25, 0.3) is 0 Å². The van der Waals surface area contributed by atoms with Crippen LogP contribution >= 0.6 is 12.4 Å². The highest BCUT2D eigenvalue weighted by atomic mass is 35.5. The number of amides is 1. The number of carbonyl (C=O) groups excluding carboxylic acids is 1. The molecule has 1 heterocycles. The Morgan fingerprint density at radius 1 is 1.14 bits per heavy atom. The number of hydrogen-bond acceptors (Lipinski definition) is 3. The van der Waals surface area contributed by atoms with Gasteiger partial charge in [-0.15, -0.1) is 12.4 Å². The van der Waals surface area contributed by atoms with Gasteiger partial charge in [0, 0.05) is 32.2 Å². The molecule has 1 aliphatic heterocycles. The summed E-state index contributed by atoms with van der Waals surface area (Å²) in [5.41, 5.74) is 6.11. The van der Waals surface area contributed by atoms with Gasteiger partial charge in [0.1, 0.15) is 0 Å². The van der Waals surface area contributed by atoms with Crippen LogP contribution in [0.5, 0.6) is 0 Å². The number of rotatable bonds is 4. The van der Waals surface area contributed by atoms with Gasteiger partial charge in [0.25, 0.3) is 0 Å². The Hall–Kier alpha value is -0.320. The van der Waals surface area contributed by atoms with E-state index in [1.807, 2.05) is 4.90 Å². The zero-order valence-electron chi connectivity index (χ0n) is 13.6. The molecular weight excluding hydrogens is 286 g/mol. The smallest absolute Gasteiger partial charge is 0.239 e. The molecule has 21 heavy (non-hydrogen) atoms. The minimum atomic E-state index is -0.321. The predicted octanol–water partition coefficient (Wildman–Crippen LogP) is 2.26. The molecule has 124 valence electrons. The zero-order chi connectivity index (χ0) is 14.5. The first-order valence-electron chi connectivity index (χ1n) is 8.42. The van der Waals surface area contributed by atoms with E-state index in [9.17, 15) is 4.79 Å². The van der Waals surface area contributed by atoms with Crippen molar-refractivity contribution in [2.24, 2.45) is 11.7 Å². The maximum Gasteiger partial charge on any atom is 0.239 e. The summed E-state index contributed by atoms with van der Waals surface area (Å²) in [5.74, 6) is 0.435. The lowest BCUT2D eigenvalue weighted by Gasteiger charge is -2.28. The van der Waals surface area contributed by atoms with Crippen LogP contribution in [-0.2, 0) is 4.79 Å². The van der Waals surface area contributed by atoms with Crippen LogP contribution in [-0.4, -0.2) is 54.0 Å². The van der Waals surface area contributed by atoms with Crippen LogP contribution in [0.2, 0.25) is 0 Å². The van der Waals surface area contributed by atoms with Gasteiger partial charge in [-0.25, -0.2) is 0 Å². The van der Waals surface area contributed by atoms with Crippen LogP contribution in [0.15, 0.2) is 0 Å². The van der Waals surface area contributed by atoms with Crippen molar-refractivity contribution in [2.45, 2.75) is 64.5 Å². The van der Waals surface area contributed by atoms with Crippen LogP contribution in [0.3, 0.4) is 0 Å². The first kappa shape index (κ1) is 18.7. The van der Waals surface area contributed by atoms with Crippen molar-refractivity contribution in [3.8, 4) is 0 Å². The summed E-state index contributed by atoms with van der Waals surface area (Å²) in [6.45, 7) is 8.09. The van der Waals surface area contributed by atoms with Crippen molar-refractivity contribution >= 4 is 18.3 Å². The Bertz CT molecular complexity index is 321. The molecule has 2 unspecified atom stereocenters. The fourth-order valence-corrected chi connectivity index (χ4v) is 3.50. The number of carbonyl (C=O) groups is 1. The summed E-state index contributed by atoms with van der Waals surface area (Å²) in [6.07, 6.45) is 7.51. The number of nitrogens with two attached hydrogens (primary N) is 1. The molecule has 4 nitrogen and oxygen atoms in total. The van der Waals surface area contributed by atoms with E-state index < -0.39 is 0 Å². The van der Waals surface area contributed by atoms with Crippen LogP contribution in [0, 0.1) is 5.92 Å². The topological polar surface area (TPSA) is 49.6 Å². The first-order chi connectivity index (χ1) is 9.63. The van der Waals surface area contributed by atoms with Crippen molar-refractivity contribution in [3.63, 3.8) is 0 Å². The Morgan fingerprint density at radius 2 is 1.81 bits per heavy atom. The van der Waals surface area contributed by atoms with Crippen molar-refractivity contribution < 1.29 is 4.79 Å². The van der Waals surface area contributed by atoms with Gasteiger partial charge in [-0.2, -0.15) is 0 Å². The molecule has 2 fully saturated rings. The van der Waals surface area contributed by atoms with Gasteiger partial charge in [-0.1, -0.05) is 33.1 Å². The number of nitrogens with zero attached hydrogens (tertiary/aromatic N) is 2. The molecule has 2 N–H and O–H groups in total. The third kappa shape index (κ3) is 4.83. The van der Waals surface area contributed by atoms with Gasteiger partial charge in [0.05, 0.1) is 6.04 Å². The van der Waals surface area contributed by atoms with Gasteiger partial charge in [0.2, 0.25) is 5.91 Å². The minimum absolute atomic E-state index is 0. The maximum absolute atomic E-state index is 12.5. The molecule has 2 atom stereocenters. The Kier molecular flexibility index (Phi) is 7.99. The van der Waals surface area contributed by atoms with E-state index in [1.54, 1.807) is 0 Å². The fourth-order valence-electron chi connectivity index (χ4n) is 3.50. The van der Waals surface area contributed by atoms with Crippen LogP contribution < -0.4 is 5.73 Å². The highest BCUT2D eigenvalue weighted by Gasteiger charge is 2.29. The molecule has 5 heteroatoms. The molecular formula is C16H32ClN3O. The van der Waals surface area contributed by atoms with Crippen LogP contribution in [0.4, 0.5) is 0 Å². The van der Waals surface area contributed by atoms with Crippen LogP contribution in [0.1, 0.15) is 52.4 Å². The zero-order valence-corrected chi connectivity index (χ0v) is 14.4. The largest absolute Gasteiger partial charge is 0.340 e. The second kappa shape index (κ2) is 8.96. The van der Waals surface area contributed by atoms with E-state index in [0.29, 0.717) is 0 Å². The number of hydrogen-bond donors (Lipinski definition) is 1. The average molecular weight is 318 g/mol. The lowest BCUT2D eigenvalue weighted by Crippen LogP contribution is -2.48. The van der Waals surface area contributed by atoms with Crippen molar-refractivity contribution in [1.82, 2.24) is 9.80 Å². The van der Waals surface area contributed by atoms with Crippen molar-refractivity contribution in [3.05, 3.63) is 0 Å². The van der Waals surface area contributed by atoms with E-state index in [2.05, 4.69) is 18.7 Å². The quantitative estimate of drug-likeness (QED) is 0.865. The summed E-state index contributed by atoms with van der Waals surface area (Å²) < 4.78 is 0. The lowest BCUT2D eigenvalue weighted by atomic mass is 9.99. The second-order valence-corrected chi connectivity index (χ2v) is 6.56. The van der Waals surface area contributed by atoms with Gasteiger partial charge in [-0.3, -0.25) is 9.69 Å². The maximum atomic E-state index is 12.5. The molecule has 2 aliphatic rings. The Morgan fingerprint density at radius 3 is 2.43 bits per heavy atom. The fraction of sp³-hybridized carbons (Fsp3) is 0.938. The molecule has 2 rings (SSSR count). The third-order valence-electron chi connectivity index (χ3n) is 5.23. The molecule has 0 aromatic heterocycles. The molecule has 1 saturated carbocycles. The van der Waals surface area contributed by atoms with Gasteiger partial charge in [0.15, 0.2) is 0 Å². The SMILES string of the molecule is CCC(C)C(N)C(=O)N1CCCN(C2CCCC2)CC1.Cl. The highest BCUT2D eigenvalue weighted by molar-refractivity contribution is 5.85. The highest BCUT2D eigenvalue weighted by Crippen LogP contribution is 2.24. The van der Waals surface area contributed by atoms with E-state index in [1.165, 1.54) is 25.7 Å². The molecule has 1 amide bonds. The van der Waals surface area contributed by atoms with E-state index in [0.717, 1.165) is 45.1 Å². The Balaban J connectivity index is 0.00000220. The molecule has 0 radical (unpaired) electrons. The summed E-state index contributed by atoms with van der Waals surface area (Å²) in [4.78, 5) is 17.1. The van der Waals surface area contributed by atoms with Gasteiger partial charge >= 0.3 is 0 Å². The number of halogens is 1. The summed E-state index contributed by atoms with van der Waals surface area (Å²) in [6, 6.07) is 0.450. The molecule has 0 bridgehead atoms. The average Bonchev–Trinajstić information content (AvgIpc) is 2.89. The molecule has 0 aromatic carbocycles. The predicted molar refractivity (Wildman–Crippen MR) is 89.7 cm³/mol. The van der Waals surface area contributed by atoms with E-state index in [-0.39, 0.29) is 30.3 Å². The molecule has 1 aliphatic carbocycles. The van der Waals surface area contributed by atoms with Crippen molar-refractivity contribution in [2.75, 3.05) is 26.2 Å². The van der Waals surface area contributed by atoms with Gasteiger partial charge in [-0.05, 0) is 25.2 Å². The standard InChI is InChI=1S/C16H31N3O.ClH/c1-3-13(2)15(17)16(20)19-10-6-9-18(11-12-19)14-7-4-5-8-14;/h13-15H,3-12,17H2,1-2H3;1H. The lowest BCUT2D eigenvalue weighted by molar-refractivity contribution is -0.133. The van der Waals surface area contributed by atoms with E-state index in [4.69, 9.17) is 5.73 Å². The summed E-state index contributed by atoms with van der Waals surface area (Å²) >= 11 is 0. The second-order valence-electron chi connectivity index (χ2n) is 6.56. The third-order valence-corrected chi connectivity index (χ3v) is 5.23. The molecule has 1 saturated heterocycles. The normalized spacial score (nSPS) is 24.2. The summed E-state index contributed by atoms with van der Waals surface area (Å²) in [7, 11) is 0. The van der Waals surface area contributed by atoms with Crippen molar-refractivity contribution in [1.29, 1.82) is 0 Å². The Labute approximate surface area is 135 Å². The van der Waals surface area contributed by atoms with E-state index >= 15 is 0 Å². The molecule has 0 spiro atoms. The first-order valence-corrected chi connectivity index (χ1v) is 8.42. The monoisotopic (exact) mass is 317 g/mol. The summed E-state index contributed by atoms with van der Waals surface area (Å²) in [5, 5.41) is 0. The minimum Gasteiger partial charge on any atom is -0.340 e. The molecule has 0 aromatic rings. The van der Waals surface area contributed by atoms with Gasteiger partial charge < -0.3 is 10.6 Å².